The summed E-state index contributed by atoms with van der Waals surface area (Å²) in [6.07, 6.45) is 5.66. The van der Waals surface area contributed by atoms with Gasteiger partial charge in [0, 0.05) is 18.3 Å². The molecule has 0 unspecified atom stereocenters. The fraction of sp³-hybridized carbons (Fsp3) is 0.600. The number of aliphatic hydroxyl groups is 1. The molecule has 6 heteroatoms. The first-order valence-electron chi connectivity index (χ1n) is 7.56. The molecule has 3 rings (SSSR count). The van der Waals surface area contributed by atoms with E-state index in [-0.39, 0.29) is 6.04 Å². The van der Waals surface area contributed by atoms with Gasteiger partial charge in [0.1, 0.15) is 0 Å². The molecule has 116 valence electrons. The van der Waals surface area contributed by atoms with Gasteiger partial charge in [-0.2, -0.15) is 0 Å². The first-order chi connectivity index (χ1) is 9.97. The lowest BCUT2D eigenvalue weighted by Crippen LogP contribution is -2.33. The summed E-state index contributed by atoms with van der Waals surface area (Å²) < 4.78 is 26.7. The summed E-state index contributed by atoms with van der Waals surface area (Å²) in [6, 6.07) is 6.82. The molecule has 0 saturated heterocycles. The van der Waals surface area contributed by atoms with Crippen LogP contribution in [0.1, 0.15) is 38.5 Å². The van der Waals surface area contributed by atoms with E-state index < -0.39 is 15.6 Å². The van der Waals surface area contributed by atoms with Gasteiger partial charge in [-0.1, -0.05) is 12.8 Å². The van der Waals surface area contributed by atoms with Crippen LogP contribution < -0.4 is 10.0 Å². The first kappa shape index (κ1) is 14.8. The molecule has 0 bridgehead atoms. The van der Waals surface area contributed by atoms with E-state index in [1.165, 1.54) is 0 Å². The summed E-state index contributed by atoms with van der Waals surface area (Å²) in [5.74, 6) is 0. The molecule has 2 saturated carbocycles. The summed E-state index contributed by atoms with van der Waals surface area (Å²) in [4.78, 5) is 0.291. The van der Waals surface area contributed by atoms with Gasteiger partial charge in [-0.05, 0) is 49.9 Å². The molecule has 0 spiro atoms. The summed E-state index contributed by atoms with van der Waals surface area (Å²) in [5, 5.41) is 13.5. The quantitative estimate of drug-likeness (QED) is 0.749. The van der Waals surface area contributed by atoms with E-state index in [4.69, 9.17) is 0 Å². The van der Waals surface area contributed by atoms with Crippen molar-refractivity contribution in [3.05, 3.63) is 24.3 Å². The minimum absolute atomic E-state index is 0.115. The second-order valence-corrected chi connectivity index (χ2v) is 7.92. The predicted octanol–water partition coefficient (Wildman–Crippen LogP) is 1.84. The number of anilines is 1. The molecule has 5 nitrogen and oxygen atoms in total. The smallest absolute Gasteiger partial charge is 0.240 e. The molecule has 0 aliphatic heterocycles. The summed E-state index contributed by atoms with van der Waals surface area (Å²) in [5.41, 5.74) is 0.221. The number of sulfonamides is 1. The molecule has 3 N–H and O–H groups in total. The Morgan fingerprint density at radius 2 is 1.76 bits per heavy atom. The maximum atomic E-state index is 12.0. The third-order valence-corrected chi connectivity index (χ3v) is 5.76. The molecule has 0 radical (unpaired) electrons. The summed E-state index contributed by atoms with van der Waals surface area (Å²) in [6.45, 7) is 0.513. The molecule has 0 atom stereocenters. The van der Waals surface area contributed by atoms with Crippen LogP contribution in [0.25, 0.3) is 0 Å². The molecule has 1 aromatic rings. The van der Waals surface area contributed by atoms with Gasteiger partial charge >= 0.3 is 0 Å². The lowest BCUT2D eigenvalue weighted by atomic mass is 10.0. The van der Waals surface area contributed by atoms with Crippen LogP contribution in [0, 0.1) is 0 Å². The largest absolute Gasteiger partial charge is 0.388 e. The Labute approximate surface area is 125 Å². The second kappa shape index (κ2) is 5.59. The fourth-order valence-electron chi connectivity index (χ4n) is 2.72. The molecule has 2 fully saturated rings. The number of benzene rings is 1. The van der Waals surface area contributed by atoms with E-state index in [9.17, 15) is 13.5 Å². The number of nitrogens with one attached hydrogen (secondary N) is 2. The molecule has 2 aliphatic rings. The Hall–Kier alpha value is -1.11. The molecule has 1 aromatic carbocycles. The normalized spacial score (nSPS) is 21.4. The second-order valence-electron chi connectivity index (χ2n) is 6.20. The van der Waals surface area contributed by atoms with E-state index in [0.29, 0.717) is 11.4 Å². The van der Waals surface area contributed by atoms with E-state index in [0.717, 1.165) is 44.2 Å². The van der Waals surface area contributed by atoms with Gasteiger partial charge in [-0.3, -0.25) is 0 Å². The van der Waals surface area contributed by atoms with E-state index in [1.807, 2.05) is 0 Å². The van der Waals surface area contributed by atoms with Crippen molar-refractivity contribution in [1.82, 2.24) is 4.72 Å². The van der Waals surface area contributed by atoms with Crippen molar-refractivity contribution in [3.63, 3.8) is 0 Å². The van der Waals surface area contributed by atoms with Crippen LogP contribution in [0.4, 0.5) is 5.69 Å². The predicted molar refractivity (Wildman–Crippen MR) is 81.7 cm³/mol. The lowest BCUT2D eigenvalue weighted by Gasteiger charge is -2.23. The molecule has 0 aromatic heterocycles. The Balaban J connectivity index is 1.61. The van der Waals surface area contributed by atoms with Gasteiger partial charge in [-0.15, -0.1) is 0 Å². The highest BCUT2D eigenvalue weighted by atomic mass is 32.2. The molecular weight excluding hydrogens is 288 g/mol. The molecule has 21 heavy (non-hydrogen) atoms. The number of hydrogen-bond donors (Lipinski definition) is 3. The van der Waals surface area contributed by atoms with Crippen molar-refractivity contribution in [2.24, 2.45) is 0 Å². The van der Waals surface area contributed by atoms with Crippen LogP contribution in [-0.2, 0) is 10.0 Å². The Kier molecular flexibility index (Phi) is 3.94. The average molecular weight is 310 g/mol. The first-order valence-corrected chi connectivity index (χ1v) is 9.04. The van der Waals surface area contributed by atoms with Gasteiger partial charge in [0.25, 0.3) is 0 Å². The molecule has 0 heterocycles. The zero-order valence-electron chi connectivity index (χ0n) is 12.0. The monoisotopic (exact) mass is 310 g/mol. The third-order valence-electron chi connectivity index (χ3n) is 4.22. The zero-order chi connectivity index (χ0) is 14.9. The van der Waals surface area contributed by atoms with E-state index in [2.05, 4.69) is 10.0 Å². The minimum atomic E-state index is -3.38. The highest BCUT2D eigenvalue weighted by molar-refractivity contribution is 7.89. The Morgan fingerprint density at radius 3 is 2.33 bits per heavy atom. The van der Waals surface area contributed by atoms with Crippen LogP contribution in [-0.4, -0.2) is 31.7 Å². The Morgan fingerprint density at radius 1 is 1.14 bits per heavy atom. The SMILES string of the molecule is O=S(=O)(NC1CC1)c1ccc(NCC2(O)CCCC2)cc1. The van der Waals surface area contributed by atoms with E-state index in [1.54, 1.807) is 24.3 Å². The third kappa shape index (κ3) is 3.75. The van der Waals surface area contributed by atoms with Gasteiger partial charge in [0.05, 0.1) is 10.5 Å². The maximum Gasteiger partial charge on any atom is 0.240 e. The van der Waals surface area contributed by atoms with Crippen molar-refractivity contribution in [3.8, 4) is 0 Å². The minimum Gasteiger partial charge on any atom is -0.388 e. The molecular formula is C15H22N2O3S. The van der Waals surface area contributed by atoms with Gasteiger partial charge in [-0.25, -0.2) is 13.1 Å². The lowest BCUT2D eigenvalue weighted by molar-refractivity contribution is 0.0615. The van der Waals surface area contributed by atoms with Crippen LogP contribution >= 0.6 is 0 Å². The van der Waals surface area contributed by atoms with Crippen molar-refractivity contribution >= 4 is 15.7 Å². The topological polar surface area (TPSA) is 78.4 Å². The molecule has 2 aliphatic carbocycles. The van der Waals surface area contributed by atoms with Crippen LogP contribution in [0.15, 0.2) is 29.2 Å². The van der Waals surface area contributed by atoms with Crippen molar-refractivity contribution in [2.75, 3.05) is 11.9 Å². The Bertz CT molecular complexity index is 588. The maximum absolute atomic E-state index is 12.0. The highest BCUT2D eigenvalue weighted by Crippen LogP contribution is 2.29. The fourth-order valence-corrected chi connectivity index (χ4v) is 4.02. The van der Waals surface area contributed by atoms with Crippen LogP contribution in [0.2, 0.25) is 0 Å². The number of hydrogen-bond acceptors (Lipinski definition) is 4. The van der Waals surface area contributed by atoms with Crippen molar-refractivity contribution in [2.45, 2.75) is 55.1 Å². The highest BCUT2D eigenvalue weighted by Gasteiger charge is 2.31. The van der Waals surface area contributed by atoms with Crippen LogP contribution in [0.3, 0.4) is 0 Å². The summed E-state index contributed by atoms with van der Waals surface area (Å²) >= 11 is 0. The van der Waals surface area contributed by atoms with E-state index >= 15 is 0 Å². The zero-order valence-corrected chi connectivity index (χ0v) is 12.8. The van der Waals surface area contributed by atoms with Gasteiger partial charge < -0.3 is 10.4 Å². The van der Waals surface area contributed by atoms with Crippen molar-refractivity contribution < 1.29 is 13.5 Å². The summed E-state index contributed by atoms with van der Waals surface area (Å²) in [7, 11) is -3.38. The van der Waals surface area contributed by atoms with Crippen LogP contribution in [0.5, 0.6) is 0 Å². The van der Waals surface area contributed by atoms with Gasteiger partial charge in [0.2, 0.25) is 10.0 Å². The standard InChI is InChI=1S/C15H22N2O3S/c18-15(9-1-2-10-15)11-16-12-5-7-14(8-6-12)21(19,20)17-13-3-4-13/h5-8,13,16-18H,1-4,9-11H2. The average Bonchev–Trinajstić information content (AvgIpc) is 3.15. The van der Waals surface area contributed by atoms with Gasteiger partial charge in [0.15, 0.2) is 0 Å². The number of rotatable bonds is 6. The molecule has 0 amide bonds. The van der Waals surface area contributed by atoms with Crippen molar-refractivity contribution in [1.29, 1.82) is 0 Å².